The first kappa shape index (κ1) is 14.1. The maximum absolute atomic E-state index is 11.2. The third-order valence-corrected chi connectivity index (χ3v) is 3.93. The number of nitrogens with one attached hydrogen (secondary N) is 1. The van der Waals surface area contributed by atoms with Gasteiger partial charge in [-0.1, -0.05) is 23.7 Å². The molecule has 1 aliphatic heterocycles. The summed E-state index contributed by atoms with van der Waals surface area (Å²) in [5, 5.41) is 8.67. The first-order valence-electron chi connectivity index (χ1n) is 6.94. The molecule has 3 N–H and O–H groups in total. The second-order valence-corrected chi connectivity index (χ2v) is 5.66. The number of hydrogen-bond acceptors (Lipinski definition) is 3. The van der Waals surface area contributed by atoms with Crippen LogP contribution < -0.4 is 11.1 Å². The van der Waals surface area contributed by atoms with Gasteiger partial charge in [-0.2, -0.15) is 5.10 Å². The summed E-state index contributed by atoms with van der Waals surface area (Å²) >= 11 is 5.91. The lowest BCUT2D eigenvalue weighted by atomic mass is 10.0. The summed E-state index contributed by atoms with van der Waals surface area (Å²) < 4.78 is 1.75. The molecule has 0 spiro atoms. The van der Waals surface area contributed by atoms with E-state index in [2.05, 4.69) is 10.4 Å². The molecule has 0 bridgehead atoms. The Kier molecular flexibility index (Phi) is 3.94. The predicted molar refractivity (Wildman–Crippen MR) is 81.1 cm³/mol. The summed E-state index contributed by atoms with van der Waals surface area (Å²) in [4.78, 5) is 11.2. The number of aromatic nitrogens is 2. The molecule has 1 aliphatic rings. The number of nitrogens with zero attached hydrogens (tertiary/aromatic N) is 2. The number of primary amides is 1. The number of rotatable bonds is 4. The van der Waals surface area contributed by atoms with Crippen molar-refractivity contribution in [1.82, 2.24) is 15.1 Å². The van der Waals surface area contributed by atoms with Gasteiger partial charge < -0.3 is 11.1 Å². The van der Waals surface area contributed by atoms with Crippen LogP contribution in [0.15, 0.2) is 24.3 Å². The average molecular weight is 305 g/mol. The number of carbonyl (C=O) groups excluding carboxylic acids is 1. The molecule has 0 atom stereocenters. The van der Waals surface area contributed by atoms with Crippen molar-refractivity contribution < 1.29 is 4.79 Å². The van der Waals surface area contributed by atoms with Gasteiger partial charge in [0, 0.05) is 42.2 Å². The summed E-state index contributed by atoms with van der Waals surface area (Å²) in [5.41, 5.74) is 9.77. The number of amides is 1. The maximum Gasteiger partial charge on any atom is 0.239 e. The van der Waals surface area contributed by atoms with Gasteiger partial charge in [-0.25, -0.2) is 0 Å². The Bertz CT molecular complexity index is 663. The van der Waals surface area contributed by atoms with Gasteiger partial charge in [-0.05, 0) is 17.7 Å². The zero-order valence-electron chi connectivity index (χ0n) is 11.6. The highest BCUT2D eigenvalue weighted by Gasteiger charge is 2.21. The van der Waals surface area contributed by atoms with Crippen LogP contribution in [0.4, 0.5) is 0 Å². The Morgan fingerprint density at radius 1 is 1.38 bits per heavy atom. The fraction of sp³-hybridized carbons (Fsp3) is 0.333. The lowest BCUT2D eigenvalue weighted by molar-refractivity contribution is -0.118. The summed E-state index contributed by atoms with van der Waals surface area (Å²) in [6.45, 7) is 1.83. The minimum absolute atomic E-state index is 0.142. The zero-order valence-corrected chi connectivity index (χ0v) is 12.4. The summed E-state index contributed by atoms with van der Waals surface area (Å²) in [5.74, 6) is -0.364. The Morgan fingerprint density at radius 3 is 2.86 bits per heavy atom. The number of benzene rings is 1. The van der Waals surface area contributed by atoms with E-state index in [9.17, 15) is 4.79 Å². The Morgan fingerprint density at radius 2 is 2.14 bits per heavy atom. The van der Waals surface area contributed by atoms with Crippen LogP contribution in [0.25, 0.3) is 0 Å². The highest BCUT2D eigenvalue weighted by molar-refractivity contribution is 6.30. The molecule has 1 aromatic heterocycles. The molecule has 0 saturated carbocycles. The summed E-state index contributed by atoms with van der Waals surface area (Å²) in [6.07, 6.45) is 1.60. The van der Waals surface area contributed by atoms with Crippen LogP contribution in [0.2, 0.25) is 5.02 Å². The predicted octanol–water partition coefficient (Wildman–Crippen LogP) is 1.26. The second kappa shape index (κ2) is 5.87. The number of nitrogens with two attached hydrogens (primary N) is 1. The first-order chi connectivity index (χ1) is 10.1. The van der Waals surface area contributed by atoms with Crippen molar-refractivity contribution in [3.63, 3.8) is 0 Å². The van der Waals surface area contributed by atoms with Gasteiger partial charge in [-0.3, -0.25) is 9.48 Å². The number of carbonyl (C=O) groups is 1. The standard InChI is InChI=1S/C15H17ClN4O/c16-11-3-1-10(2-4-11)7-13-12-8-18-6-5-14(12)20(19-13)9-15(17)21/h1-4,18H,5-9H2,(H2,17,21). The van der Waals surface area contributed by atoms with Crippen LogP contribution in [-0.4, -0.2) is 22.2 Å². The van der Waals surface area contributed by atoms with Gasteiger partial charge in [0.15, 0.2) is 0 Å². The zero-order chi connectivity index (χ0) is 14.8. The second-order valence-electron chi connectivity index (χ2n) is 5.23. The normalized spacial score (nSPS) is 14.0. The largest absolute Gasteiger partial charge is 0.368 e. The third-order valence-electron chi connectivity index (χ3n) is 3.68. The van der Waals surface area contributed by atoms with E-state index in [-0.39, 0.29) is 12.5 Å². The first-order valence-corrected chi connectivity index (χ1v) is 7.32. The van der Waals surface area contributed by atoms with Crippen molar-refractivity contribution in [1.29, 1.82) is 0 Å². The molecule has 0 fully saturated rings. The van der Waals surface area contributed by atoms with E-state index in [4.69, 9.17) is 17.3 Å². The quantitative estimate of drug-likeness (QED) is 0.893. The maximum atomic E-state index is 11.2. The average Bonchev–Trinajstić information content (AvgIpc) is 2.79. The summed E-state index contributed by atoms with van der Waals surface area (Å²) in [6, 6.07) is 7.75. The van der Waals surface area contributed by atoms with Crippen LogP contribution in [0.5, 0.6) is 0 Å². The molecule has 1 amide bonds. The molecule has 1 aromatic carbocycles. The van der Waals surface area contributed by atoms with Crippen LogP contribution in [0.3, 0.4) is 0 Å². The van der Waals surface area contributed by atoms with Crippen molar-refractivity contribution in [3.05, 3.63) is 51.8 Å². The van der Waals surface area contributed by atoms with Crippen molar-refractivity contribution in [2.45, 2.75) is 25.9 Å². The van der Waals surface area contributed by atoms with E-state index < -0.39 is 0 Å². The van der Waals surface area contributed by atoms with Gasteiger partial charge in [0.2, 0.25) is 5.91 Å². The topological polar surface area (TPSA) is 72.9 Å². The fourth-order valence-electron chi connectivity index (χ4n) is 2.71. The monoisotopic (exact) mass is 304 g/mol. The highest BCUT2D eigenvalue weighted by atomic mass is 35.5. The fourth-order valence-corrected chi connectivity index (χ4v) is 2.83. The van der Waals surface area contributed by atoms with Crippen molar-refractivity contribution in [3.8, 4) is 0 Å². The molecule has 2 aromatic rings. The SMILES string of the molecule is NC(=O)Cn1nc(Cc2ccc(Cl)cc2)c2c1CCNC2. The van der Waals surface area contributed by atoms with Gasteiger partial charge in [0.1, 0.15) is 6.54 Å². The van der Waals surface area contributed by atoms with E-state index in [1.54, 1.807) is 4.68 Å². The minimum Gasteiger partial charge on any atom is -0.368 e. The van der Waals surface area contributed by atoms with Crippen LogP contribution >= 0.6 is 11.6 Å². The number of halogens is 1. The number of hydrogen-bond donors (Lipinski definition) is 2. The van der Waals surface area contributed by atoms with Gasteiger partial charge in [-0.15, -0.1) is 0 Å². The van der Waals surface area contributed by atoms with Crippen molar-refractivity contribution in [2.24, 2.45) is 5.73 Å². The van der Waals surface area contributed by atoms with E-state index >= 15 is 0 Å². The molecule has 3 rings (SSSR count). The smallest absolute Gasteiger partial charge is 0.239 e. The third kappa shape index (κ3) is 3.09. The molecule has 0 aliphatic carbocycles. The molecule has 6 heteroatoms. The highest BCUT2D eigenvalue weighted by Crippen LogP contribution is 2.21. The van der Waals surface area contributed by atoms with Gasteiger partial charge in [0.25, 0.3) is 0 Å². The van der Waals surface area contributed by atoms with Crippen molar-refractivity contribution in [2.75, 3.05) is 6.54 Å². The van der Waals surface area contributed by atoms with E-state index in [1.807, 2.05) is 24.3 Å². The molecule has 2 heterocycles. The van der Waals surface area contributed by atoms with Crippen LogP contribution in [0, 0.1) is 0 Å². The van der Waals surface area contributed by atoms with Crippen molar-refractivity contribution >= 4 is 17.5 Å². The van der Waals surface area contributed by atoms with E-state index in [0.29, 0.717) is 0 Å². The Hall–Kier alpha value is -1.85. The minimum atomic E-state index is -0.364. The van der Waals surface area contributed by atoms with Crippen LogP contribution in [0.1, 0.15) is 22.5 Å². The van der Waals surface area contributed by atoms with E-state index in [0.717, 1.165) is 47.9 Å². The van der Waals surface area contributed by atoms with Crippen LogP contribution in [-0.2, 0) is 30.7 Å². The van der Waals surface area contributed by atoms with Gasteiger partial charge in [0.05, 0.1) is 5.69 Å². The lowest BCUT2D eigenvalue weighted by Crippen LogP contribution is -2.27. The Balaban J connectivity index is 1.92. The molecule has 5 nitrogen and oxygen atoms in total. The molecule has 110 valence electrons. The van der Waals surface area contributed by atoms with Gasteiger partial charge >= 0.3 is 0 Å². The number of fused-ring (bicyclic) bond motifs is 1. The molecule has 21 heavy (non-hydrogen) atoms. The molecule has 0 radical (unpaired) electrons. The van der Waals surface area contributed by atoms with E-state index in [1.165, 1.54) is 5.56 Å². The molecular formula is C15H17ClN4O. The molecule has 0 saturated heterocycles. The Labute approximate surface area is 128 Å². The molecule has 0 unspecified atom stereocenters. The summed E-state index contributed by atoms with van der Waals surface area (Å²) in [7, 11) is 0. The lowest BCUT2D eigenvalue weighted by Gasteiger charge is -2.15. The molecular weight excluding hydrogens is 288 g/mol.